The van der Waals surface area contributed by atoms with Gasteiger partial charge in [-0.15, -0.1) is 5.10 Å². The minimum absolute atomic E-state index is 0.0235. The molecule has 0 radical (unpaired) electrons. The summed E-state index contributed by atoms with van der Waals surface area (Å²) in [7, 11) is 1.62. The van der Waals surface area contributed by atoms with Crippen molar-refractivity contribution >= 4 is 17.5 Å². The van der Waals surface area contributed by atoms with Crippen molar-refractivity contribution in [2.24, 2.45) is 0 Å². The molecule has 1 aromatic heterocycles. The first-order valence-electron chi connectivity index (χ1n) is 11.4. The minimum Gasteiger partial charge on any atom is -0.489 e. The van der Waals surface area contributed by atoms with Crippen molar-refractivity contribution in [2.75, 3.05) is 18.6 Å². The van der Waals surface area contributed by atoms with Crippen LogP contribution in [0.4, 0.5) is 5.69 Å². The molecule has 9 nitrogen and oxygen atoms in total. The van der Waals surface area contributed by atoms with Crippen molar-refractivity contribution in [2.45, 2.75) is 37.5 Å². The SMILES string of the molecule is CN1C(=O)[C@H](NC(=O)c2ncn(Cc3ccccc3)n2)COc2ccc(C#CC3(O)CCC3)cc21. The minimum atomic E-state index is -0.914. The van der Waals surface area contributed by atoms with Gasteiger partial charge in [-0.25, -0.2) is 9.67 Å². The normalized spacial score (nSPS) is 18.3. The summed E-state index contributed by atoms with van der Waals surface area (Å²) in [5.41, 5.74) is 1.33. The Morgan fingerprint density at radius 2 is 2.06 bits per heavy atom. The van der Waals surface area contributed by atoms with Gasteiger partial charge >= 0.3 is 0 Å². The van der Waals surface area contributed by atoms with Gasteiger partial charge in [0.1, 0.15) is 30.3 Å². The molecule has 1 aliphatic heterocycles. The molecule has 0 spiro atoms. The van der Waals surface area contributed by atoms with Crippen molar-refractivity contribution in [3.8, 4) is 17.6 Å². The van der Waals surface area contributed by atoms with Crippen LogP contribution >= 0.6 is 0 Å². The number of aromatic nitrogens is 3. The smallest absolute Gasteiger partial charge is 0.291 e. The van der Waals surface area contributed by atoms with Crippen LogP contribution in [-0.2, 0) is 11.3 Å². The number of nitrogens with zero attached hydrogens (tertiary/aromatic N) is 4. The Bertz CT molecular complexity index is 1320. The van der Waals surface area contributed by atoms with E-state index in [4.69, 9.17) is 4.74 Å². The Hall–Kier alpha value is -4.16. The van der Waals surface area contributed by atoms with Crippen LogP contribution < -0.4 is 15.0 Å². The van der Waals surface area contributed by atoms with Crippen LogP contribution in [-0.4, -0.2) is 57.0 Å². The van der Waals surface area contributed by atoms with E-state index >= 15 is 0 Å². The summed E-state index contributed by atoms with van der Waals surface area (Å²) in [6, 6.07) is 14.1. The molecule has 2 amide bonds. The number of carbonyl (C=O) groups excluding carboxylic acids is 2. The zero-order chi connectivity index (χ0) is 24.4. The molecule has 0 saturated heterocycles. The van der Waals surface area contributed by atoms with Crippen molar-refractivity contribution in [1.29, 1.82) is 0 Å². The topological polar surface area (TPSA) is 110 Å². The van der Waals surface area contributed by atoms with Crippen LogP contribution in [0.15, 0.2) is 54.9 Å². The van der Waals surface area contributed by atoms with E-state index in [0.29, 0.717) is 36.4 Å². The molecule has 178 valence electrons. The molecule has 3 aromatic rings. The van der Waals surface area contributed by atoms with Crippen molar-refractivity contribution < 1.29 is 19.4 Å². The Morgan fingerprint density at radius 3 is 2.80 bits per heavy atom. The summed E-state index contributed by atoms with van der Waals surface area (Å²) in [6.07, 6.45) is 3.80. The van der Waals surface area contributed by atoms with Crippen molar-refractivity contribution in [1.82, 2.24) is 20.1 Å². The molecule has 5 rings (SSSR count). The molecule has 2 aromatic carbocycles. The Morgan fingerprint density at radius 1 is 1.26 bits per heavy atom. The molecule has 1 fully saturated rings. The predicted molar refractivity (Wildman–Crippen MR) is 128 cm³/mol. The predicted octanol–water partition coefficient (Wildman–Crippen LogP) is 1.75. The molecule has 1 aliphatic carbocycles. The number of nitrogens with one attached hydrogen (secondary N) is 1. The van der Waals surface area contributed by atoms with Gasteiger partial charge in [-0.1, -0.05) is 42.2 Å². The molecule has 2 heterocycles. The van der Waals surface area contributed by atoms with Crippen LogP contribution in [0, 0.1) is 11.8 Å². The van der Waals surface area contributed by atoms with E-state index in [0.717, 1.165) is 12.0 Å². The van der Waals surface area contributed by atoms with Gasteiger partial charge in [0.15, 0.2) is 0 Å². The van der Waals surface area contributed by atoms with Crippen LogP contribution in [0.2, 0.25) is 0 Å². The summed E-state index contributed by atoms with van der Waals surface area (Å²) in [4.78, 5) is 31.4. The van der Waals surface area contributed by atoms with Gasteiger partial charge in [0.2, 0.25) is 5.82 Å². The summed E-state index contributed by atoms with van der Waals surface area (Å²) in [6.45, 7) is 0.449. The third kappa shape index (κ3) is 4.88. The second-order valence-corrected chi connectivity index (χ2v) is 8.80. The highest BCUT2D eigenvalue weighted by molar-refractivity contribution is 6.02. The highest BCUT2D eigenvalue weighted by atomic mass is 16.5. The van der Waals surface area contributed by atoms with Gasteiger partial charge < -0.3 is 20.1 Å². The maximum absolute atomic E-state index is 13.1. The highest BCUT2D eigenvalue weighted by Crippen LogP contribution is 2.33. The largest absolute Gasteiger partial charge is 0.489 e. The van der Waals surface area contributed by atoms with E-state index < -0.39 is 17.6 Å². The average molecular weight is 472 g/mol. The molecule has 0 unspecified atom stereocenters. The van der Waals surface area contributed by atoms with Gasteiger partial charge in [-0.05, 0) is 43.0 Å². The third-order valence-electron chi connectivity index (χ3n) is 6.21. The Kier molecular flexibility index (Phi) is 5.97. The zero-order valence-corrected chi connectivity index (χ0v) is 19.3. The second kappa shape index (κ2) is 9.24. The van der Waals surface area contributed by atoms with Crippen LogP contribution in [0.25, 0.3) is 0 Å². The molecule has 2 N–H and O–H groups in total. The quantitative estimate of drug-likeness (QED) is 0.561. The number of hydrogen-bond acceptors (Lipinski definition) is 6. The van der Waals surface area contributed by atoms with Crippen LogP contribution in [0.3, 0.4) is 0 Å². The van der Waals surface area contributed by atoms with Gasteiger partial charge in [0, 0.05) is 12.6 Å². The lowest BCUT2D eigenvalue weighted by atomic mass is 9.81. The fourth-order valence-electron chi connectivity index (χ4n) is 3.97. The molecule has 1 atom stereocenters. The molecule has 2 aliphatic rings. The molecular formula is C26H25N5O4. The average Bonchev–Trinajstić information content (AvgIpc) is 3.28. The number of hydrogen-bond donors (Lipinski definition) is 2. The lowest BCUT2D eigenvalue weighted by molar-refractivity contribution is -0.120. The second-order valence-electron chi connectivity index (χ2n) is 8.80. The number of fused-ring (bicyclic) bond motifs is 1. The number of rotatable bonds is 4. The molecular weight excluding hydrogens is 446 g/mol. The summed E-state index contributed by atoms with van der Waals surface area (Å²) in [5, 5.41) is 17.1. The van der Waals surface area contributed by atoms with E-state index in [2.05, 4.69) is 27.2 Å². The van der Waals surface area contributed by atoms with Gasteiger partial charge in [0.25, 0.3) is 11.8 Å². The fraction of sp³-hybridized carbons (Fsp3) is 0.308. The summed E-state index contributed by atoms with van der Waals surface area (Å²) < 4.78 is 7.40. The first-order valence-corrected chi connectivity index (χ1v) is 11.4. The number of ether oxygens (including phenoxy) is 1. The zero-order valence-electron chi connectivity index (χ0n) is 19.3. The number of benzene rings is 2. The van der Waals surface area contributed by atoms with Crippen molar-refractivity contribution in [3.63, 3.8) is 0 Å². The van der Waals surface area contributed by atoms with Gasteiger partial charge in [-0.3, -0.25) is 9.59 Å². The van der Waals surface area contributed by atoms with Crippen LogP contribution in [0.1, 0.15) is 41.0 Å². The first kappa shape index (κ1) is 22.6. The maximum Gasteiger partial charge on any atom is 0.291 e. The van der Waals surface area contributed by atoms with E-state index in [1.54, 1.807) is 29.9 Å². The van der Waals surface area contributed by atoms with Gasteiger partial charge in [-0.2, -0.15) is 0 Å². The number of likely N-dealkylation sites (N-methyl/N-ethyl adjacent to an activating group) is 1. The number of aliphatic hydroxyl groups is 1. The molecule has 1 saturated carbocycles. The number of anilines is 1. The van der Waals surface area contributed by atoms with Crippen molar-refractivity contribution in [3.05, 3.63) is 71.8 Å². The third-order valence-corrected chi connectivity index (χ3v) is 6.21. The first-order chi connectivity index (χ1) is 16.9. The molecule has 35 heavy (non-hydrogen) atoms. The number of carbonyl (C=O) groups is 2. The summed E-state index contributed by atoms with van der Waals surface area (Å²) >= 11 is 0. The highest BCUT2D eigenvalue weighted by Gasteiger charge is 2.33. The van der Waals surface area contributed by atoms with E-state index in [1.807, 2.05) is 30.3 Å². The molecule has 9 heteroatoms. The lowest BCUT2D eigenvalue weighted by Crippen LogP contribution is -2.49. The molecule has 0 bridgehead atoms. The summed E-state index contributed by atoms with van der Waals surface area (Å²) in [5.74, 6) is 5.51. The Labute approximate surface area is 202 Å². The maximum atomic E-state index is 13.1. The monoisotopic (exact) mass is 471 g/mol. The standard InChI is InChI=1S/C26H25N5O4/c1-30-21-14-18(10-13-26(34)11-5-12-26)8-9-22(21)35-16-20(25(30)33)28-24(32)23-27-17-31(29-23)15-19-6-3-2-4-7-19/h2-4,6-9,14,17,20,34H,5,11-12,15-16H2,1H3,(H,28,32)/t20-/m1/s1. The van der Waals surface area contributed by atoms with E-state index in [9.17, 15) is 14.7 Å². The van der Waals surface area contributed by atoms with E-state index in [1.165, 1.54) is 11.2 Å². The Balaban J connectivity index is 1.27. The lowest BCUT2D eigenvalue weighted by Gasteiger charge is -2.30. The van der Waals surface area contributed by atoms with E-state index in [-0.39, 0.29) is 18.3 Å². The van der Waals surface area contributed by atoms with Gasteiger partial charge in [0.05, 0.1) is 12.2 Å². The number of amides is 2. The van der Waals surface area contributed by atoms with Crippen LogP contribution in [0.5, 0.6) is 5.75 Å². The fourth-order valence-corrected chi connectivity index (χ4v) is 3.97.